The lowest BCUT2D eigenvalue weighted by Gasteiger charge is -2.21. The maximum Gasteiger partial charge on any atom is 0.137 e. The number of nitrogens with one attached hydrogen (secondary N) is 1. The molecule has 16 heavy (non-hydrogen) atoms. The molecule has 0 amide bonds. The van der Waals surface area contributed by atoms with Crippen LogP contribution in [-0.2, 0) is 0 Å². The Balaban J connectivity index is 2.90. The number of benzene rings is 1. The summed E-state index contributed by atoms with van der Waals surface area (Å²) < 4.78 is 13.9. The Morgan fingerprint density at radius 3 is 2.75 bits per heavy atom. The van der Waals surface area contributed by atoms with Gasteiger partial charge in [-0.05, 0) is 39.9 Å². The maximum absolute atomic E-state index is 13.4. The average Bonchev–Trinajstić information content (AvgIpc) is 2.29. The smallest absolute Gasteiger partial charge is 0.137 e. The third-order valence-corrected chi connectivity index (χ3v) is 3.73. The first-order valence-corrected chi connectivity index (χ1v) is 6.29. The van der Waals surface area contributed by atoms with E-state index in [1.807, 2.05) is 6.07 Å². The van der Waals surface area contributed by atoms with Crippen LogP contribution >= 0.6 is 15.9 Å². The van der Waals surface area contributed by atoms with Gasteiger partial charge < -0.3 is 0 Å². The average molecular weight is 289 g/mol. The first kappa shape index (κ1) is 13.6. The summed E-state index contributed by atoms with van der Waals surface area (Å²) in [5.41, 5.74) is 3.63. The zero-order chi connectivity index (χ0) is 12.1. The van der Waals surface area contributed by atoms with Crippen molar-refractivity contribution in [1.29, 1.82) is 0 Å². The van der Waals surface area contributed by atoms with Crippen LogP contribution in [0.25, 0.3) is 0 Å². The topological polar surface area (TPSA) is 38.0 Å². The first-order valence-electron chi connectivity index (χ1n) is 5.50. The molecule has 4 heteroatoms. The molecule has 0 saturated heterocycles. The minimum atomic E-state index is -0.248. The standard InChI is InChI=1S/C12H18BrFN2/c1-3-8(2)7-11(16-15)9-5-4-6-10(14)12(9)13/h4-6,8,11,16H,3,7,15H2,1-2H3. The van der Waals surface area contributed by atoms with Crippen LogP contribution in [0, 0.1) is 11.7 Å². The second-order valence-corrected chi connectivity index (χ2v) is 4.90. The van der Waals surface area contributed by atoms with Crippen LogP contribution in [0.1, 0.15) is 38.3 Å². The van der Waals surface area contributed by atoms with Gasteiger partial charge in [-0.15, -0.1) is 0 Å². The van der Waals surface area contributed by atoms with E-state index in [1.165, 1.54) is 6.07 Å². The van der Waals surface area contributed by atoms with Crippen molar-refractivity contribution in [3.05, 3.63) is 34.1 Å². The van der Waals surface area contributed by atoms with E-state index in [-0.39, 0.29) is 11.9 Å². The van der Waals surface area contributed by atoms with Gasteiger partial charge in [0, 0.05) is 6.04 Å². The number of rotatable bonds is 5. The quantitative estimate of drug-likeness (QED) is 0.643. The highest BCUT2D eigenvalue weighted by molar-refractivity contribution is 9.10. The Kier molecular flexibility index (Phi) is 5.38. The van der Waals surface area contributed by atoms with Crippen molar-refractivity contribution in [2.45, 2.75) is 32.7 Å². The number of halogens is 2. The van der Waals surface area contributed by atoms with E-state index in [0.717, 1.165) is 18.4 Å². The van der Waals surface area contributed by atoms with E-state index in [1.54, 1.807) is 6.07 Å². The number of hydrazine groups is 1. The summed E-state index contributed by atoms with van der Waals surface area (Å²) in [5.74, 6) is 5.84. The van der Waals surface area contributed by atoms with Gasteiger partial charge in [-0.25, -0.2) is 4.39 Å². The Bertz CT molecular complexity index is 344. The molecule has 0 aliphatic rings. The fraction of sp³-hybridized carbons (Fsp3) is 0.500. The molecule has 0 heterocycles. The third-order valence-electron chi connectivity index (χ3n) is 2.89. The summed E-state index contributed by atoms with van der Waals surface area (Å²) >= 11 is 3.26. The lowest BCUT2D eigenvalue weighted by atomic mass is 9.95. The fourth-order valence-electron chi connectivity index (χ4n) is 1.64. The van der Waals surface area contributed by atoms with E-state index in [9.17, 15) is 4.39 Å². The summed E-state index contributed by atoms with van der Waals surface area (Å²) in [7, 11) is 0. The molecule has 0 bridgehead atoms. The fourth-order valence-corrected chi connectivity index (χ4v) is 2.18. The monoisotopic (exact) mass is 288 g/mol. The van der Waals surface area contributed by atoms with Crippen LogP contribution in [0.3, 0.4) is 0 Å². The van der Waals surface area contributed by atoms with Crippen molar-refractivity contribution in [2.75, 3.05) is 0 Å². The van der Waals surface area contributed by atoms with Gasteiger partial charge in [0.1, 0.15) is 5.82 Å². The van der Waals surface area contributed by atoms with Gasteiger partial charge in [0.05, 0.1) is 4.47 Å². The van der Waals surface area contributed by atoms with Crippen LogP contribution in [0.4, 0.5) is 4.39 Å². The van der Waals surface area contributed by atoms with Gasteiger partial charge in [-0.3, -0.25) is 11.3 Å². The largest absolute Gasteiger partial charge is 0.271 e. The van der Waals surface area contributed by atoms with E-state index >= 15 is 0 Å². The van der Waals surface area contributed by atoms with Gasteiger partial charge in [-0.1, -0.05) is 32.4 Å². The molecule has 0 aliphatic heterocycles. The second kappa shape index (κ2) is 6.33. The molecule has 0 aromatic heterocycles. The van der Waals surface area contributed by atoms with Crippen molar-refractivity contribution in [2.24, 2.45) is 11.8 Å². The molecular weight excluding hydrogens is 271 g/mol. The molecule has 1 aromatic rings. The Morgan fingerprint density at radius 2 is 2.19 bits per heavy atom. The van der Waals surface area contributed by atoms with Gasteiger partial charge >= 0.3 is 0 Å². The predicted molar refractivity (Wildman–Crippen MR) is 68.2 cm³/mol. The van der Waals surface area contributed by atoms with Crippen molar-refractivity contribution < 1.29 is 4.39 Å². The van der Waals surface area contributed by atoms with Crippen molar-refractivity contribution in [1.82, 2.24) is 5.43 Å². The highest BCUT2D eigenvalue weighted by atomic mass is 79.9. The van der Waals surface area contributed by atoms with Gasteiger partial charge in [0.15, 0.2) is 0 Å². The minimum Gasteiger partial charge on any atom is -0.271 e. The maximum atomic E-state index is 13.4. The van der Waals surface area contributed by atoms with E-state index in [2.05, 4.69) is 35.2 Å². The molecule has 2 atom stereocenters. The zero-order valence-corrected chi connectivity index (χ0v) is 11.2. The Labute approximate surface area is 105 Å². The number of nitrogens with two attached hydrogens (primary N) is 1. The predicted octanol–water partition coefficient (Wildman–Crippen LogP) is 3.53. The molecular formula is C12H18BrFN2. The number of hydrogen-bond donors (Lipinski definition) is 2. The third kappa shape index (κ3) is 3.27. The van der Waals surface area contributed by atoms with Crippen LogP contribution in [0.15, 0.2) is 22.7 Å². The highest BCUT2D eigenvalue weighted by Crippen LogP contribution is 2.30. The lowest BCUT2D eigenvalue weighted by Crippen LogP contribution is -2.29. The van der Waals surface area contributed by atoms with Gasteiger partial charge in [0.2, 0.25) is 0 Å². The molecule has 0 aliphatic carbocycles. The molecule has 3 N–H and O–H groups in total. The zero-order valence-electron chi connectivity index (χ0n) is 9.63. The Morgan fingerprint density at radius 1 is 1.50 bits per heavy atom. The van der Waals surface area contributed by atoms with E-state index in [0.29, 0.717) is 10.4 Å². The summed E-state index contributed by atoms with van der Waals surface area (Å²) in [6.45, 7) is 4.30. The summed E-state index contributed by atoms with van der Waals surface area (Å²) in [6, 6.07) is 5.01. The SMILES string of the molecule is CCC(C)CC(NN)c1cccc(F)c1Br. The molecule has 2 unspecified atom stereocenters. The molecule has 1 aromatic carbocycles. The molecule has 2 nitrogen and oxygen atoms in total. The van der Waals surface area contributed by atoms with Gasteiger partial charge in [-0.2, -0.15) is 0 Å². The van der Waals surface area contributed by atoms with Crippen molar-refractivity contribution in [3.8, 4) is 0 Å². The van der Waals surface area contributed by atoms with E-state index in [4.69, 9.17) is 5.84 Å². The molecule has 90 valence electrons. The molecule has 1 rings (SSSR count). The minimum absolute atomic E-state index is 0.0139. The molecule has 0 saturated carbocycles. The lowest BCUT2D eigenvalue weighted by molar-refractivity contribution is 0.405. The van der Waals surface area contributed by atoms with Crippen LogP contribution in [0.2, 0.25) is 0 Å². The summed E-state index contributed by atoms with van der Waals surface area (Å²) in [6.07, 6.45) is 1.99. The van der Waals surface area contributed by atoms with E-state index < -0.39 is 0 Å². The molecule has 0 fully saturated rings. The summed E-state index contributed by atoms with van der Waals surface area (Å²) in [4.78, 5) is 0. The van der Waals surface area contributed by atoms with Crippen molar-refractivity contribution >= 4 is 15.9 Å². The Hall–Kier alpha value is -0.450. The molecule has 0 spiro atoms. The van der Waals surface area contributed by atoms with Crippen molar-refractivity contribution in [3.63, 3.8) is 0 Å². The first-order chi connectivity index (χ1) is 7.60. The van der Waals surface area contributed by atoms with Crippen LogP contribution < -0.4 is 11.3 Å². The number of hydrogen-bond acceptors (Lipinski definition) is 2. The van der Waals surface area contributed by atoms with Crippen LogP contribution in [-0.4, -0.2) is 0 Å². The normalized spacial score (nSPS) is 14.8. The second-order valence-electron chi connectivity index (χ2n) is 4.11. The van der Waals surface area contributed by atoms with Crippen LogP contribution in [0.5, 0.6) is 0 Å². The molecule has 0 radical (unpaired) electrons. The highest BCUT2D eigenvalue weighted by Gasteiger charge is 2.17. The van der Waals surface area contributed by atoms with Gasteiger partial charge in [0.25, 0.3) is 0 Å². The summed E-state index contributed by atoms with van der Waals surface area (Å²) in [5, 5.41) is 0.